The quantitative estimate of drug-likeness (QED) is 0.702. The molecular formula is C16H13N5. The fraction of sp³-hybridized carbons (Fsp3) is 0. The van der Waals surface area contributed by atoms with E-state index in [1.54, 1.807) is 12.1 Å². The molecule has 0 saturated carbocycles. The van der Waals surface area contributed by atoms with E-state index >= 15 is 0 Å². The van der Waals surface area contributed by atoms with Crippen LogP contribution in [0.3, 0.4) is 0 Å². The molecule has 2 aromatic carbocycles. The number of nitrogen functional groups attached to an aromatic ring is 2. The topological polar surface area (TPSA) is 93.6 Å². The second kappa shape index (κ2) is 5.02. The first-order chi connectivity index (χ1) is 10.2. The Hall–Kier alpha value is -3.26. The highest BCUT2D eigenvalue weighted by molar-refractivity contribution is 5.79. The van der Waals surface area contributed by atoms with E-state index in [1.807, 2.05) is 42.5 Å². The van der Waals surface area contributed by atoms with Crippen LogP contribution in [0.1, 0.15) is 5.56 Å². The lowest BCUT2D eigenvalue weighted by Gasteiger charge is -2.02. The minimum absolute atomic E-state index is 0.330. The third-order valence-electron chi connectivity index (χ3n) is 3.28. The third kappa shape index (κ3) is 2.09. The van der Waals surface area contributed by atoms with Crippen LogP contribution in [0.15, 0.2) is 54.6 Å². The van der Waals surface area contributed by atoms with Gasteiger partial charge in [-0.3, -0.25) is 0 Å². The summed E-state index contributed by atoms with van der Waals surface area (Å²) in [6.07, 6.45) is 0. The normalized spacial score (nSPS) is 10.2. The van der Waals surface area contributed by atoms with Crippen molar-refractivity contribution in [2.75, 3.05) is 11.6 Å². The lowest BCUT2D eigenvalue weighted by molar-refractivity contribution is 1.02. The standard InChI is InChI=1S/C16H13N5/c17-10-12-8-4-5-9-13(12)14-15(18)21(19)16(20-14)11-6-2-1-3-7-11/h1-9H,18-19H2. The molecule has 1 aromatic heterocycles. The predicted octanol–water partition coefficient (Wildman–Crippen LogP) is 2.38. The summed E-state index contributed by atoms with van der Waals surface area (Å²) in [5.41, 5.74) is 8.65. The summed E-state index contributed by atoms with van der Waals surface area (Å²) in [5.74, 6) is 6.91. The van der Waals surface area contributed by atoms with E-state index in [2.05, 4.69) is 11.1 Å². The number of benzene rings is 2. The molecule has 5 heteroatoms. The maximum atomic E-state index is 9.21. The second-order valence-electron chi connectivity index (χ2n) is 4.56. The molecule has 0 aliphatic rings. The molecule has 102 valence electrons. The van der Waals surface area contributed by atoms with E-state index in [0.717, 1.165) is 5.56 Å². The Morgan fingerprint density at radius 1 is 1.00 bits per heavy atom. The minimum atomic E-state index is 0.330. The van der Waals surface area contributed by atoms with Crippen molar-refractivity contribution >= 4 is 5.82 Å². The summed E-state index contributed by atoms with van der Waals surface area (Å²) in [6.45, 7) is 0. The van der Waals surface area contributed by atoms with E-state index in [-0.39, 0.29) is 0 Å². The van der Waals surface area contributed by atoms with Gasteiger partial charge < -0.3 is 11.6 Å². The van der Waals surface area contributed by atoms with E-state index in [4.69, 9.17) is 11.6 Å². The van der Waals surface area contributed by atoms with E-state index < -0.39 is 0 Å². The van der Waals surface area contributed by atoms with Crippen LogP contribution in [-0.4, -0.2) is 9.66 Å². The van der Waals surface area contributed by atoms with Crippen molar-refractivity contribution in [3.63, 3.8) is 0 Å². The molecule has 1 heterocycles. The molecule has 0 radical (unpaired) electrons. The molecule has 0 aliphatic carbocycles. The molecule has 0 amide bonds. The average molecular weight is 275 g/mol. The molecule has 0 unspecified atom stereocenters. The third-order valence-corrected chi connectivity index (χ3v) is 3.28. The lowest BCUT2D eigenvalue weighted by atomic mass is 10.1. The van der Waals surface area contributed by atoms with Gasteiger partial charge in [-0.1, -0.05) is 48.5 Å². The van der Waals surface area contributed by atoms with Gasteiger partial charge in [0.25, 0.3) is 0 Å². The van der Waals surface area contributed by atoms with Crippen molar-refractivity contribution in [3.8, 4) is 28.7 Å². The number of imidazole rings is 1. The zero-order valence-electron chi connectivity index (χ0n) is 11.2. The maximum Gasteiger partial charge on any atom is 0.160 e. The Balaban J connectivity index is 2.21. The van der Waals surface area contributed by atoms with Crippen LogP contribution >= 0.6 is 0 Å². The maximum absolute atomic E-state index is 9.21. The first kappa shape index (κ1) is 12.8. The smallest absolute Gasteiger partial charge is 0.160 e. The Morgan fingerprint density at radius 2 is 1.67 bits per heavy atom. The molecule has 21 heavy (non-hydrogen) atoms. The molecule has 0 fully saturated rings. The summed E-state index contributed by atoms with van der Waals surface area (Å²) in [4.78, 5) is 4.52. The van der Waals surface area contributed by atoms with Crippen LogP contribution in [-0.2, 0) is 0 Å². The van der Waals surface area contributed by atoms with E-state index in [0.29, 0.717) is 28.5 Å². The summed E-state index contributed by atoms with van der Waals surface area (Å²) in [6, 6.07) is 18.9. The number of nitriles is 1. The largest absolute Gasteiger partial charge is 0.382 e. The van der Waals surface area contributed by atoms with Crippen molar-refractivity contribution in [1.82, 2.24) is 9.66 Å². The first-order valence-electron chi connectivity index (χ1n) is 6.40. The molecule has 5 nitrogen and oxygen atoms in total. The van der Waals surface area contributed by atoms with Crippen LogP contribution in [0.2, 0.25) is 0 Å². The van der Waals surface area contributed by atoms with Crippen LogP contribution in [0.4, 0.5) is 5.82 Å². The highest BCUT2D eigenvalue weighted by Gasteiger charge is 2.17. The van der Waals surface area contributed by atoms with Gasteiger partial charge in [0.1, 0.15) is 5.69 Å². The summed E-state index contributed by atoms with van der Waals surface area (Å²) >= 11 is 0. The highest BCUT2D eigenvalue weighted by atomic mass is 15.4. The molecule has 4 N–H and O–H groups in total. The van der Waals surface area contributed by atoms with Crippen molar-refractivity contribution in [2.45, 2.75) is 0 Å². The lowest BCUT2D eigenvalue weighted by Crippen LogP contribution is -2.13. The molecule has 0 aliphatic heterocycles. The zero-order valence-corrected chi connectivity index (χ0v) is 11.2. The van der Waals surface area contributed by atoms with Crippen LogP contribution in [0.25, 0.3) is 22.6 Å². The number of hydrogen-bond donors (Lipinski definition) is 2. The number of hydrogen-bond acceptors (Lipinski definition) is 4. The molecular weight excluding hydrogens is 262 g/mol. The monoisotopic (exact) mass is 275 g/mol. The number of nitrogens with zero attached hydrogens (tertiary/aromatic N) is 3. The van der Waals surface area contributed by atoms with Gasteiger partial charge in [0.05, 0.1) is 11.6 Å². The van der Waals surface area contributed by atoms with Crippen molar-refractivity contribution < 1.29 is 0 Å². The van der Waals surface area contributed by atoms with Gasteiger partial charge in [0, 0.05) is 11.1 Å². The highest BCUT2D eigenvalue weighted by Crippen LogP contribution is 2.31. The Morgan fingerprint density at radius 3 is 2.38 bits per heavy atom. The van der Waals surface area contributed by atoms with Crippen LogP contribution < -0.4 is 11.6 Å². The molecule has 0 bridgehead atoms. The summed E-state index contributed by atoms with van der Waals surface area (Å²) in [5, 5.41) is 9.21. The predicted molar refractivity (Wildman–Crippen MR) is 82.4 cm³/mol. The van der Waals surface area contributed by atoms with E-state index in [9.17, 15) is 5.26 Å². The molecule has 0 atom stereocenters. The van der Waals surface area contributed by atoms with Gasteiger partial charge in [-0.25, -0.2) is 9.66 Å². The van der Waals surface area contributed by atoms with Crippen molar-refractivity contribution in [2.24, 2.45) is 0 Å². The van der Waals surface area contributed by atoms with Crippen molar-refractivity contribution in [1.29, 1.82) is 5.26 Å². The van der Waals surface area contributed by atoms with Gasteiger partial charge in [-0.05, 0) is 6.07 Å². The van der Waals surface area contributed by atoms with Gasteiger partial charge in [0.2, 0.25) is 0 Å². The second-order valence-corrected chi connectivity index (χ2v) is 4.56. The molecule has 3 aromatic rings. The minimum Gasteiger partial charge on any atom is -0.382 e. The van der Waals surface area contributed by atoms with Crippen LogP contribution in [0, 0.1) is 11.3 Å². The molecule has 3 rings (SSSR count). The number of aromatic nitrogens is 2. The fourth-order valence-electron chi connectivity index (χ4n) is 2.22. The Bertz CT molecular complexity index is 828. The zero-order chi connectivity index (χ0) is 14.8. The Labute approximate surface area is 122 Å². The van der Waals surface area contributed by atoms with Crippen molar-refractivity contribution in [3.05, 3.63) is 60.2 Å². The number of rotatable bonds is 2. The van der Waals surface area contributed by atoms with Gasteiger partial charge >= 0.3 is 0 Å². The molecule has 0 saturated heterocycles. The van der Waals surface area contributed by atoms with Gasteiger partial charge in [-0.15, -0.1) is 0 Å². The summed E-state index contributed by atoms with van der Waals surface area (Å²) in [7, 11) is 0. The van der Waals surface area contributed by atoms with E-state index in [1.165, 1.54) is 4.68 Å². The van der Waals surface area contributed by atoms with Crippen LogP contribution in [0.5, 0.6) is 0 Å². The number of nitrogens with two attached hydrogens (primary N) is 2. The van der Waals surface area contributed by atoms with Gasteiger partial charge in [0.15, 0.2) is 11.6 Å². The SMILES string of the molecule is N#Cc1ccccc1-c1nc(-c2ccccc2)n(N)c1N. The average Bonchev–Trinajstić information content (AvgIpc) is 2.84. The van der Waals surface area contributed by atoms with Gasteiger partial charge in [-0.2, -0.15) is 5.26 Å². The fourth-order valence-corrected chi connectivity index (χ4v) is 2.22. The first-order valence-corrected chi connectivity index (χ1v) is 6.40. The number of anilines is 1. The molecule has 0 spiro atoms. The Kier molecular flexibility index (Phi) is 3.05. The summed E-state index contributed by atoms with van der Waals surface area (Å²) < 4.78 is 1.35.